The molecule has 18 heavy (non-hydrogen) atoms. The van der Waals surface area contributed by atoms with Crippen molar-refractivity contribution in [3.8, 4) is 11.5 Å². The largest absolute Gasteiger partial charge is 0.493 e. The first-order valence-corrected chi connectivity index (χ1v) is 7.39. The first kappa shape index (κ1) is 14.9. The summed E-state index contributed by atoms with van der Waals surface area (Å²) >= 11 is 1.81. The molecule has 3 nitrogen and oxygen atoms in total. The maximum atomic E-state index is 10.9. The molecule has 0 amide bonds. The molecule has 0 fully saturated rings. The molecule has 0 atom stereocenters. The highest BCUT2D eigenvalue weighted by Gasteiger charge is 2.05. The third-order valence-corrected chi connectivity index (χ3v) is 3.14. The molecule has 0 bridgehead atoms. The fraction of sp³-hybridized carbons (Fsp3) is 0.500. The summed E-state index contributed by atoms with van der Waals surface area (Å²) < 4.78 is 11.1. The Morgan fingerprint density at radius 3 is 2.72 bits per heavy atom. The number of carbonyl (C=O) groups is 1. The Hall–Kier alpha value is -1.16. The zero-order valence-electron chi connectivity index (χ0n) is 11.0. The number of ether oxygens (including phenoxy) is 2. The van der Waals surface area contributed by atoms with Crippen molar-refractivity contribution in [2.45, 2.75) is 20.3 Å². The Labute approximate surface area is 113 Å². The summed E-state index contributed by atoms with van der Waals surface area (Å²) in [6.07, 6.45) is 1.77. The minimum Gasteiger partial charge on any atom is -0.493 e. The van der Waals surface area contributed by atoms with E-state index in [1.165, 1.54) is 0 Å². The SMILES string of the molecule is CCCOc1ccc(C=O)c(OCCSCC)c1. The van der Waals surface area contributed by atoms with E-state index in [1.54, 1.807) is 18.2 Å². The van der Waals surface area contributed by atoms with Crippen LogP contribution >= 0.6 is 11.8 Å². The predicted octanol–water partition coefficient (Wildman–Crippen LogP) is 3.42. The normalized spacial score (nSPS) is 10.1. The van der Waals surface area contributed by atoms with Gasteiger partial charge >= 0.3 is 0 Å². The Morgan fingerprint density at radius 1 is 1.22 bits per heavy atom. The van der Waals surface area contributed by atoms with Crippen molar-refractivity contribution in [1.82, 2.24) is 0 Å². The van der Waals surface area contributed by atoms with Gasteiger partial charge < -0.3 is 9.47 Å². The van der Waals surface area contributed by atoms with Crippen molar-refractivity contribution in [2.24, 2.45) is 0 Å². The van der Waals surface area contributed by atoms with Crippen LogP contribution in [-0.4, -0.2) is 31.0 Å². The van der Waals surface area contributed by atoms with Crippen molar-refractivity contribution >= 4 is 18.0 Å². The molecular formula is C14H20O3S. The molecule has 0 saturated heterocycles. The van der Waals surface area contributed by atoms with E-state index >= 15 is 0 Å². The van der Waals surface area contributed by atoms with Gasteiger partial charge in [0.05, 0.1) is 18.8 Å². The van der Waals surface area contributed by atoms with Crippen LogP contribution in [0.3, 0.4) is 0 Å². The highest BCUT2D eigenvalue weighted by Crippen LogP contribution is 2.24. The molecule has 0 heterocycles. The van der Waals surface area contributed by atoms with Gasteiger partial charge in [-0.25, -0.2) is 0 Å². The Morgan fingerprint density at radius 2 is 2.06 bits per heavy atom. The summed E-state index contributed by atoms with van der Waals surface area (Å²) in [5.74, 6) is 3.36. The van der Waals surface area contributed by atoms with E-state index in [0.717, 1.165) is 30.0 Å². The molecule has 1 rings (SSSR count). The van der Waals surface area contributed by atoms with Gasteiger partial charge in [-0.2, -0.15) is 11.8 Å². The average molecular weight is 268 g/mol. The van der Waals surface area contributed by atoms with Gasteiger partial charge in [-0.05, 0) is 24.3 Å². The van der Waals surface area contributed by atoms with Gasteiger partial charge in [0.15, 0.2) is 6.29 Å². The second kappa shape index (κ2) is 8.86. The molecule has 0 saturated carbocycles. The van der Waals surface area contributed by atoms with Crippen LogP contribution in [0.15, 0.2) is 18.2 Å². The van der Waals surface area contributed by atoms with Gasteiger partial charge in [0.1, 0.15) is 11.5 Å². The van der Waals surface area contributed by atoms with Gasteiger partial charge in [0.2, 0.25) is 0 Å². The number of hydrogen-bond donors (Lipinski definition) is 0. The smallest absolute Gasteiger partial charge is 0.153 e. The zero-order chi connectivity index (χ0) is 13.2. The van der Waals surface area contributed by atoms with Crippen molar-refractivity contribution in [3.63, 3.8) is 0 Å². The second-order valence-electron chi connectivity index (χ2n) is 3.71. The van der Waals surface area contributed by atoms with Crippen molar-refractivity contribution in [3.05, 3.63) is 23.8 Å². The Kier molecular flexibility index (Phi) is 7.34. The molecule has 0 unspecified atom stereocenters. The van der Waals surface area contributed by atoms with Crippen LogP contribution in [0.25, 0.3) is 0 Å². The van der Waals surface area contributed by atoms with Crippen LogP contribution in [-0.2, 0) is 0 Å². The Bertz CT molecular complexity index is 366. The van der Waals surface area contributed by atoms with E-state index in [1.807, 2.05) is 11.8 Å². The molecule has 1 aromatic rings. The molecule has 0 aliphatic heterocycles. The van der Waals surface area contributed by atoms with E-state index < -0.39 is 0 Å². The minimum absolute atomic E-state index is 0.570. The number of benzene rings is 1. The van der Waals surface area contributed by atoms with E-state index in [0.29, 0.717) is 24.5 Å². The number of hydrogen-bond acceptors (Lipinski definition) is 4. The third kappa shape index (κ3) is 5.00. The minimum atomic E-state index is 0.570. The number of aldehydes is 1. The van der Waals surface area contributed by atoms with Crippen molar-refractivity contribution in [1.29, 1.82) is 0 Å². The Balaban J connectivity index is 2.63. The fourth-order valence-corrected chi connectivity index (χ4v) is 1.89. The first-order valence-electron chi connectivity index (χ1n) is 6.24. The number of rotatable bonds is 9. The van der Waals surface area contributed by atoms with Crippen LogP contribution in [0.5, 0.6) is 11.5 Å². The van der Waals surface area contributed by atoms with Gasteiger partial charge in [-0.1, -0.05) is 13.8 Å². The summed E-state index contributed by atoms with van der Waals surface area (Å²) in [6.45, 7) is 5.45. The molecule has 0 aromatic heterocycles. The van der Waals surface area contributed by atoms with Crippen LogP contribution < -0.4 is 9.47 Å². The van der Waals surface area contributed by atoms with E-state index in [9.17, 15) is 4.79 Å². The number of carbonyl (C=O) groups excluding carboxylic acids is 1. The summed E-state index contributed by atoms with van der Waals surface area (Å²) in [5.41, 5.74) is 0.570. The lowest BCUT2D eigenvalue weighted by Crippen LogP contribution is -2.03. The number of thioether (sulfide) groups is 1. The molecule has 100 valence electrons. The summed E-state index contributed by atoms with van der Waals surface area (Å²) in [4.78, 5) is 10.9. The van der Waals surface area contributed by atoms with Gasteiger partial charge in [0, 0.05) is 11.8 Å². The fourth-order valence-electron chi connectivity index (χ4n) is 1.40. The second-order valence-corrected chi connectivity index (χ2v) is 5.11. The monoisotopic (exact) mass is 268 g/mol. The predicted molar refractivity (Wildman–Crippen MR) is 76.1 cm³/mol. The average Bonchev–Trinajstić information content (AvgIpc) is 2.41. The van der Waals surface area contributed by atoms with Crippen LogP contribution in [0.1, 0.15) is 30.6 Å². The molecular weight excluding hydrogens is 248 g/mol. The lowest BCUT2D eigenvalue weighted by molar-refractivity contribution is 0.112. The summed E-state index contributed by atoms with van der Waals surface area (Å²) in [7, 11) is 0. The lowest BCUT2D eigenvalue weighted by Gasteiger charge is -2.11. The van der Waals surface area contributed by atoms with E-state index in [-0.39, 0.29) is 0 Å². The van der Waals surface area contributed by atoms with Gasteiger partial charge in [-0.15, -0.1) is 0 Å². The maximum Gasteiger partial charge on any atom is 0.153 e. The highest BCUT2D eigenvalue weighted by atomic mass is 32.2. The zero-order valence-corrected chi connectivity index (χ0v) is 11.8. The van der Waals surface area contributed by atoms with E-state index in [4.69, 9.17) is 9.47 Å². The molecule has 0 radical (unpaired) electrons. The van der Waals surface area contributed by atoms with Crippen molar-refractivity contribution in [2.75, 3.05) is 24.7 Å². The standard InChI is InChI=1S/C14H20O3S/c1-3-7-16-13-6-5-12(11-15)14(10-13)17-8-9-18-4-2/h5-6,10-11H,3-4,7-9H2,1-2H3. The molecule has 0 spiro atoms. The molecule has 1 aromatic carbocycles. The van der Waals surface area contributed by atoms with Gasteiger partial charge in [-0.3, -0.25) is 4.79 Å². The first-order chi connectivity index (χ1) is 8.81. The molecule has 0 aliphatic carbocycles. The van der Waals surface area contributed by atoms with Crippen LogP contribution in [0, 0.1) is 0 Å². The van der Waals surface area contributed by atoms with Crippen molar-refractivity contribution < 1.29 is 14.3 Å². The summed E-state index contributed by atoms with van der Waals surface area (Å²) in [6, 6.07) is 5.32. The third-order valence-electron chi connectivity index (χ3n) is 2.27. The van der Waals surface area contributed by atoms with E-state index in [2.05, 4.69) is 13.8 Å². The van der Waals surface area contributed by atoms with Crippen LogP contribution in [0.2, 0.25) is 0 Å². The molecule has 4 heteroatoms. The van der Waals surface area contributed by atoms with Gasteiger partial charge in [0.25, 0.3) is 0 Å². The lowest BCUT2D eigenvalue weighted by atomic mass is 10.2. The van der Waals surface area contributed by atoms with Crippen LogP contribution in [0.4, 0.5) is 0 Å². The summed E-state index contributed by atoms with van der Waals surface area (Å²) in [5, 5.41) is 0. The molecule has 0 N–H and O–H groups in total. The molecule has 0 aliphatic rings. The maximum absolute atomic E-state index is 10.9. The highest BCUT2D eigenvalue weighted by molar-refractivity contribution is 7.99. The quantitative estimate of drug-likeness (QED) is 0.508. The topological polar surface area (TPSA) is 35.5 Å².